The van der Waals surface area contributed by atoms with Crippen molar-refractivity contribution in [2.24, 2.45) is 17.8 Å². The second kappa shape index (κ2) is 4.05. The molecular formula is C11H17NO4. The highest BCUT2D eigenvalue weighted by molar-refractivity contribution is 5.87. The number of hydrogen-bond acceptors (Lipinski definition) is 3. The molecule has 4 atom stereocenters. The van der Waals surface area contributed by atoms with Gasteiger partial charge in [0.25, 0.3) is 0 Å². The average molecular weight is 227 g/mol. The molecule has 0 aromatic rings. The molecule has 2 rings (SSSR count). The lowest BCUT2D eigenvalue weighted by molar-refractivity contribution is -0.145. The Balaban J connectivity index is 1.89. The molecule has 2 aliphatic rings. The third kappa shape index (κ3) is 1.91. The number of amides is 1. The molecule has 90 valence electrons. The van der Waals surface area contributed by atoms with Crippen molar-refractivity contribution < 1.29 is 19.8 Å². The van der Waals surface area contributed by atoms with E-state index in [1.54, 1.807) is 0 Å². The number of aliphatic carboxylic acids is 1. The van der Waals surface area contributed by atoms with Gasteiger partial charge in [0.1, 0.15) is 0 Å². The van der Waals surface area contributed by atoms with Gasteiger partial charge in [0, 0.05) is 5.92 Å². The number of rotatable bonds is 4. The van der Waals surface area contributed by atoms with E-state index < -0.39 is 18.1 Å². The largest absolute Gasteiger partial charge is 0.480 e. The first kappa shape index (κ1) is 11.4. The zero-order valence-electron chi connectivity index (χ0n) is 9.22. The molecule has 2 aliphatic carbocycles. The van der Waals surface area contributed by atoms with E-state index in [9.17, 15) is 14.7 Å². The maximum atomic E-state index is 11.8. The Bertz CT molecular complexity index is 305. The van der Waals surface area contributed by atoms with Gasteiger partial charge < -0.3 is 15.5 Å². The number of carbonyl (C=O) groups is 2. The fourth-order valence-corrected chi connectivity index (χ4v) is 2.85. The van der Waals surface area contributed by atoms with Crippen LogP contribution in [0.2, 0.25) is 0 Å². The monoisotopic (exact) mass is 227 g/mol. The summed E-state index contributed by atoms with van der Waals surface area (Å²) in [7, 11) is 0. The Morgan fingerprint density at radius 2 is 1.88 bits per heavy atom. The van der Waals surface area contributed by atoms with Crippen molar-refractivity contribution in [1.29, 1.82) is 0 Å². The summed E-state index contributed by atoms with van der Waals surface area (Å²) >= 11 is 0. The van der Waals surface area contributed by atoms with Crippen LogP contribution in [0.3, 0.4) is 0 Å². The standard InChI is InChI=1S/C11H17NO4/c1-5(13)9(11(15)16)12-10(14)8-6-3-2-4-7(6)8/h5-9,13H,2-4H2,1H3,(H,12,14)(H,15,16). The molecule has 2 saturated carbocycles. The van der Waals surface area contributed by atoms with Crippen molar-refractivity contribution in [3.63, 3.8) is 0 Å². The van der Waals surface area contributed by atoms with Gasteiger partial charge in [0.05, 0.1) is 6.10 Å². The van der Waals surface area contributed by atoms with E-state index in [0.717, 1.165) is 12.8 Å². The van der Waals surface area contributed by atoms with E-state index in [1.807, 2.05) is 0 Å². The summed E-state index contributed by atoms with van der Waals surface area (Å²) < 4.78 is 0. The lowest BCUT2D eigenvalue weighted by Gasteiger charge is -2.17. The van der Waals surface area contributed by atoms with Crippen molar-refractivity contribution in [3.05, 3.63) is 0 Å². The van der Waals surface area contributed by atoms with Gasteiger partial charge in [-0.05, 0) is 31.6 Å². The van der Waals surface area contributed by atoms with Crippen LogP contribution in [0.15, 0.2) is 0 Å². The normalized spacial score (nSPS) is 35.0. The molecule has 2 fully saturated rings. The van der Waals surface area contributed by atoms with Crippen LogP contribution in [0.4, 0.5) is 0 Å². The molecule has 4 unspecified atom stereocenters. The van der Waals surface area contributed by atoms with Crippen LogP contribution in [0, 0.1) is 17.8 Å². The Labute approximate surface area is 93.8 Å². The van der Waals surface area contributed by atoms with Crippen LogP contribution >= 0.6 is 0 Å². The van der Waals surface area contributed by atoms with Crippen LogP contribution in [0.5, 0.6) is 0 Å². The number of aliphatic hydroxyl groups excluding tert-OH is 1. The van der Waals surface area contributed by atoms with Crippen LogP contribution < -0.4 is 5.32 Å². The first-order chi connectivity index (χ1) is 7.52. The van der Waals surface area contributed by atoms with Crippen LogP contribution in [0.25, 0.3) is 0 Å². The fraction of sp³-hybridized carbons (Fsp3) is 0.818. The van der Waals surface area contributed by atoms with Gasteiger partial charge >= 0.3 is 5.97 Å². The smallest absolute Gasteiger partial charge is 0.328 e. The molecule has 0 aliphatic heterocycles. The van der Waals surface area contributed by atoms with E-state index in [0.29, 0.717) is 11.8 Å². The van der Waals surface area contributed by atoms with E-state index in [1.165, 1.54) is 13.3 Å². The Kier molecular flexibility index (Phi) is 2.88. The summed E-state index contributed by atoms with van der Waals surface area (Å²) in [5.41, 5.74) is 0. The summed E-state index contributed by atoms with van der Waals surface area (Å²) in [6.45, 7) is 1.37. The molecule has 16 heavy (non-hydrogen) atoms. The highest BCUT2D eigenvalue weighted by Gasteiger charge is 2.56. The quantitative estimate of drug-likeness (QED) is 0.630. The van der Waals surface area contributed by atoms with Crippen LogP contribution in [-0.4, -0.2) is 34.2 Å². The van der Waals surface area contributed by atoms with Crippen molar-refractivity contribution in [3.8, 4) is 0 Å². The third-order valence-corrected chi connectivity index (χ3v) is 3.76. The first-order valence-corrected chi connectivity index (χ1v) is 5.73. The molecule has 0 radical (unpaired) electrons. The Hall–Kier alpha value is -1.10. The maximum absolute atomic E-state index is 11.8. The van der Waals surface area contributed by atoms with Crippen molar-refractivity contribution >= 4 is 11.9 Å². The van der Waals surface area contributed by atoms with Crippen molar-refractivity contribution in [2.45, 2.75) is 38.3 Å². The van der Waals surface area contributed by atoms with Gasteiger partial charge in [-0.3, -0.25) is 4.79 Å². The molecule has 0 saturated heterocycles. The summed E-state index contributed by atoms with van der Waals surface area (Å²) in [6.07, 6.45) is 2.27. The van der Waals surface area contributed by atoms with Gasteiger partial charge in [0.2, 0.25) is 5.91 Å². The van der Waals surface area contributed by atoms with E-state index in [4.69, 9.17) is 5.11 Å². The number of fused-ring (bicyclic) bond motifs is 1. The summed E-state index contributed by atoms with van der Waals surface area (Å²) in [5, 5.41) is 20.5. The highest BCUT2D eigenvalue weighted by Crippen LogP contribution is 2.57. The number of nitrogens with one attached hydrogen (secondary N) is 1. The molecule has 5 heteroatoms. The Morgan fingerprint density at radius 3 is 2.31 bits per heavy atom. The minimum atomic E-state index is -1.19. The molecule has 1 amide bonds. The van der Waals surface area contributed by atoms with E-state index >= 15 is 0 Å². The number of hydrogen-bond donors (Lipinski definition) is 3. The second-order valence-corrected chi connectivity index (χ2v) is 4.85. The first-order valence-electron chi connectivity index (χ1n) is 5.73. The molecule has 0 spiro atoms. The summed E-state index contributed by atoms with van der Waals surface area (Å²) in [4.78, 5) is 22.5. The van der Waals surface area contributed by atoms with Gasteiger partial charge in [-0.25, -0.2) is 4.79 Å². The Morgan fingerprint density at radius 1 is 1.31 bits per heavy atom. The van der Waals surface area contributed by atoms with Crippen LogP contribution in [-0.2, 0) is 9.59 Å². The molecule has 0 aromatic heterocycles. The van der Waals surface area contributed by atoms with Gasteiger partial charge in [0.15, 0.2) is 6.04 Å². The number of aliphatic hydroxyl groups is 1. The predicted octanol–water partition coefficient (Wildman–Crippen LogP) is -0.0173. The third-order valence-electron chi connectivity index (χ3n) is 3.76. The van der Waals surface area contributed by atoms with Gasteiger partial charge in [-0.2, -0.15) is 0 Å². The average Bonchev–Trinajstić information content (AvgIpc) is 2.67. The molecule has 0 bridgehead atoms. The number of carbonyl (C=O) groups excluding carboxylic acids is 1. The lowest BCUT2D eigenvalue weighted by Crippen LogP contribution is -2.48. The van der Waals surface area contributed by atoms with E-state index in [-0.39, 0.29) is 11.8 Å². The van der Waals surface area contributed by atoms with Gasteiger partial charge in [-0.15, -0.1) is 0 Å². The minimum Gasteiger partial charge on any atom is -0.480 e. The van der Waals surface area contributed by atoms with Crippen molar-refractivity contribution in [1.82, 2.24) is 5.32 Å². The molecule has 5 nitrogen and oxygen atoms in total. The number of carboxylic acid groups (broad SMARTS) is 1. The second-order valence-electron chi connectivity index (χ2n) is 4.85. The van der Waals surface area contributed by atoms with Crippen molar-refractivity contribution in [2.75, 3.05) is 0 Å². The molecular weight excluding hydrogens is 210 g/mol. The maximum Gasteiger partial charge on any atom is 0.328 e. The topological polar surface area (TPSA) is 86.6 Å². The molecule has 3 N–H and O–H groups in total. The van der Waals surface area contributed by atoms with E-state index in [2.05, 4.69) is 5.32 Å². The van der Waals surface area contributed by atoms with Gasteiger partial charge in [-0.1, -0.05) is 6.42 Å². The highest BCUT2D eigenvalue weighted by atomic mass is 16.4. The SMILES string of the molecule is CC(O)C(NC(=O)C1C2CCCC21)C(=O)O. The summed E-state index contributed by atoms with van der Waals surface area (Å²) in [5.74, 6) is -0.474. The number of carboxylic acids is 1. The molecule has 0 aromatic carbocycles. The predicted molar refractivity (Wildman–Crippen MR) is 55.6 cm³/mol. The zero-order valence-corrected chi connectivity index (χ0v) is 9.22. The minimum absolute atomic E-state index is 0.00523. The zero-order chi connectivity index (χ0) is 11.9. The van der Waals surface area contributed by atoms with Crippen LogP contribution in [0.1, 0.15) is 26.2 Å². The lowest BCUT2D eigenvalue weighted by atomic mass is 10.1. The summed E-state index contributed by atoms with van der Waals surface area (Å²) in [6, 6.07) is -1.19. The fourth-order valence-electron chi connectivity index (χ4n) is 2.85. The molecule has 0 heterocycles.